The summed E-state index contributed by atoms with van der Waals surface area (Å²) in [6, 6.07) is 16.1. The third-order valence-corrected chi connectivity index (χ3v) is 6.86. The number of halogens is 3. The number of aryl methyl sites for hydroxylation is 1. The van der Waals surface area contributed by atoms with E-state index in [0.717, 1.165) is 5.56 Å². The lowest BCUT2D eigenvalue weighted by molar-refractivity contribution is -0.274. The molecule has 0 bridgehead atoms. The number of anilines is 1. The van der Waals surface area contributed by atoms with Gasteiger partial charge in [0.1, 0.15) is 23.1 Å². The van der Waals surface area contributed by atoms with Crippen LogP contribution in [0.3, 0.4) is 0 Å². The van der Waals surface area contributed by atoms with Crippen LogP contribution in [0, 0.1) is 12.8 Å². The van der Waals surface area contributed by atoms with E-state index in [9.17, 15) is 22.8 Å². The zero-order chi connectivity index (χ0) is 27.0. The molecule has 2 heterocycles. The van der Waals surface area contributed by atoms with Crippen molar-refractivity contribution < 1.29 is 31.9 Å². The molecule has 38 heavy (non-hydrogen) atoms. The van der Waals surface area contributed by atoms with Gasteiger partial charge in [-0.2, -0.15) is 0 Å². The Morgan fingerprint density at radius 1 is 1.00 bits per heavy atom. The normalized spacial score (nSPS) is 19.6. The largest absolute Gasteiger partial charge is 0.573 e. The quantitative estimate of drug-likeness (QED) is 0.392. The summed E-state index contributed by atoms with van der Waals surface area (Å²) in [4.78, 5) is 31.5. The number of ether oxygens (including phenoxy) is 1. The lowest BCUT2D eigenvalue weighted by Crippen LogP contribution is -2.39. The number of hydrogen-bond acceptors (Lipinski definition) is 5. The lowest BCUT2D eigenvalue weighted by Gasteiger charge is -2.34. The number of aliphatic imine (C=N–C) groups is 1. The van der Waals surface area contributed by atoms with E-state index in [-0.39, 0.29) is 22.7 Å². The first kappa shape index (κ1) is 25.5. The van der Waals surface area contributed by atoms with Gasteiger partial charge in [0.25, 0.3) is 5.91 Å². The van der Waals surface area contributed by atoms with Crippen molar-refractivity contribution in [3.05, 3.63) is 83.3 Å². The highest BCUT2D eigenvalue weighted by Gasteiger charge is 2.45. The first-order chi connectivity index (χ1) is 18.1. The molecule has 1 fully saturated rings. The van der Waals surface area contributed by atoms with Crippen molar-refractivity contribution in [1.82, 2.24) is 0 Å². The number of alkyl halides is 3. The maximum Gasteiger partial charge on any atom is 0.573 e. The zero-order valence-electron chi connectivity index (χ0n) is 20.8. The van der Waals surface area contributed by atoms with E-state index in [4.69, 9.17) is 4.42 Å². The summed E-state index contributed by atoms with van der Waals surface area (Å²) < 4.78 is 49.3. The molecule has 1 aliphatic heterocycles. The van der Waals surface area contributed by atoms with Gasteiger partial charge in [-0.25, -0.2) is 0 Å². The Kier molecular flexibility index (Phi) is 6.69. The number of nitrogens with one attached hydrogen (secondary N) is 1. The van der Waals surface area contributed by atoms with Crippen molar-refractivity contribution in [3.63, 3.8) is 0 Å². The van der Waals surface area contributed by atoms with Crippen LogP contribution >= 0.6 is 0 Å². The number of Topliss-reactive ketones (excluding diaryl/α,β-unsaturated/α-hetero) is 1. The molecule has 196 valence electrons. The van der Waals surface area contributed by atoms with Gasteiger partial charge in [-0.05, 0) is 62.6 Å². The Balaban J connectivity index is 1.57. The van der Waals surface area contributed by atoms with Crippen LogP contribution in [0.2, 0.25) is 0 Å². The lowest BCUT2D eigenvalue weighted by atomic mass is 9.71. The molecule has 0 spiro atoms. The molecule has 2 aromatic carbocycles. The van der Waals surface area contributed by atoms with Gasteiger partial charge in [-0.1, -0.05) is 30.3 Å². The van der Waals surface area contributed by atoms with E-state index in [1.807, 2.05) is 25.1 Å². The van der Waals surface area contributed by atoms with Gasteiger partial charge in [0.2, 0.25) is 0 Å². The van der Waals surface area contributed by atoms with Gasteiger partial charge in [0, 0.05) is 23.5 Å². The van der Waals surface area contributed by atoms with Crippen molar-refractivity contribution >= 4 is 23.1 Å². The Morgan fingerprint density at radius 2 is 1.74 bits per heavy atom. The number of benzene rings is 2. The number of hydrogen-bond donors (Lipinski definition) is 1. The van der Waals surface area contributed by atoms with E-state index < -0.39 is 29.9 Å². The standard InChI is InChI=1S/C29H25F3N2O4/c1-16-8-3-5-10-19(16)34-28(36)25-17(2)33-20-11-7-12-21(35)26(20)27(25)24-15-14-22(37-24)18-9-4-6-13-23(18)38-29(30,31)32/h3-6,8-10,13-15,26-27H,7,11-12H2,1-2H3,(H,34,36). The first-order valence-electron chi connectivity index (χ1n) is 12.2. The fourth-order valence-electron chi connectivity index (χ4n) is 5.18. The molecule has 1 aliphatic carbocycles. The topological polar surface area (TPSA) is 80.9 Å². The summed E-state index contributed by atoms with van der Waals surface area (Å²) in [6.07, 6.45) is -3.24. The molecule has 2 aliphatic rings. The first-order valence-corrected chi connectivity index (χ1v) is 12.2. The number of allylic oxidation sites excluding steroid dienone is 1. The summed E-state index contributed by atoms with van der Waals surface area (Å²) in [7, 11) is 0. The summed E-state index contributed by atoms with van der Waals surface area (Å²) in [5, 5.41) is 2.93. The zero-order valence-corrected chi connectivity index (χ0v) is 20.8. The predicted octanol–water partition coefficient (Wildman–Crippen LogP) is 6.97. The van der Waals surface area contributed by atoms with Crippen molar-refractivity contribution in [2.24, 2.45) is 10.9 Å². The van der Waals surface area contributed by atoms with E-state index in [1.165, 1.54) is 24.3 Å². The third-order valence-electron chi connectivity index (χ3n) is 6.86. The third kappa shape index (κ3) is 5.01. The molecule has 9 heteroatoms. The minimum atomic E-state index is -4.88. The second kappa shape index (κ2) is 9.96. The van der Waals surface area contributed by atoms with Crippen LogP contribution in [-0.2, 0) is 9.59 Å². The van der Waals surface area contributed by atoms with Crippen molar-refractivity contribution in [2.75, 3.05) is 5.32 Å². The molecule has 3 aromatic rings. The average Bonchev–Trinajstić information content (AvgIpc) is 3.34. The number of nitrogens with zero attached hydrogens (tertiary/aromatic N) is 1. The van der Waals surface area contributed by atoms with Crippen LogP contribution in [0.5, 0.6) is 5.75 Å². The monoisotopic (exact) mass is 522 g/mol. The fourth-order valence-corrected chi connectivity index (χ4v) is 5.18. The molecule has 6 nitrogen and oxygen atoms in total. The fraction of sp³-hybridized carbons (Fsp3) is 0.276. The molecule has 0 saturated heterocycles. The number of carbonyl (C=O) groups excluding carboxylic acids is 2. The second-order valence-electron chi connectivity index (χ2n) is 9.39. The number of para-hydroxylation sites is 2. The summed E-state index contributed by atoms with van der Waals surface area (Å²) >= 11 is 0. The van der Waals surface area contributed by atoms with Crippen molar-refractivity contribution in [1.29, 1.82) is 0 Å². The Labute approximate surface area is 217 Å². The Bertz CT molecular complexity index is 1470. The van der Waals surface area contributed by atoms with Gasteiger partial charge >= 0.3 is 6.36 Å². The van der Waals surface area contributed by atoms with Crippen molar-refractivity contribution in [3.8, 4) is 17.1 Å². The van der Waals surface area contributed by atoms with Crippen LogP contribution < -0.4 is 10.1 Å². The van der Waals surface area contributed by atoms with Crippen LogP contribution in [-0.4, -0.2) is 23.8 Å². The highest BCUT2D eigenvalue weighted by molar-refractivity contribution is 6.14. The van der Waals surface area contributed by atoms with E-state index >= 15 is 0 Å². The van der Waals surface area contributed by atoms with Crippen LogP contribution in [0.15, 0.2) is 81.3 Å². The number of ketones is 1. The molecule has 5 rings (SSSR count). The number of rotatable bonds is 5. The minimum Gasteiger partial charge on any atom is -0.460 e. The van der Waals surface area contributed by atoms with Crippen LogP contribution in [0.1, 0.15) is 43.4 Å². The van der Waals surface area contributed by atoms with E-state index in [1.54, 1.807) is 25.1 Å². The second-order valence-corrected chi connectivity index (χ2v) is 9.39. The van der Waals surface area contributed by atoms with E-state index in [2.05, 4.69) is 15.0 Å². The molecule has 1 N–H and O–H groups in total. The Hall–Kier alpha value is -4.14. The summed E-state index contributed by atoms with van der Waals surface area (Å²) in [5.74, 6) is -1.92. The van der Waals surface area contributed by atoms with Crippen molar-refractivity contribution in [2.45, 2.75) is 45.4 Å². The maximum absolute atomic E-state index is 13.6. The number of amides is 1. The molecule has 0 radical (unpaired) electrons. The molecular weight excluding hydrogens is 497 g/mol. The summed E-state index contributed by atoms with van der Waals surface area (Å²) in [6.45, 7) is 3.59. The molecular formula is C29H25F3N2O4. The van der Waals surface area contributed by atoms with Crippen LogP contribution in [0.4, 0.5) is 18.9 Å². The maximum atomic E-state index is 13.6. The number of carbonyl (C=O) groups is 2. The smallest absolute Gasteiger partial charge is 0.460 e. The minimum absolute atomic E-state index is 0.0487. The van der Waals surface area contributed by atoms with Crippen LogP contribution in [0.25, 0.3) is 11.3 Å². The number of fused-ring (bicyclic) bond motifs is 1. The highest BCUT2D eigenvalue weighted by Crippen LogP contribution is 2.45. The van der Waals surface area contributed by atoms with Gasteiger partial charge in [0.05, 0.1) is 23.0 Å². The van der Waals surface area contributed by atoms with Gasteiger partial charge < -0.3 is 14.5 Å². The molecule has 2 unspecified atom stereocenters. The average molecular weight is 523 g/mol. The van der Waals surface area contributed by atoms with Gasteiger partial charge in [-0.15, -0.1) is 13.2 Å². The molecule has 1 aromatic heterocycles. The SMILES string of the molecule is CC1=C(C(=O)Nc2ccccc2C)C(c2ccc(-c3ccccc3OC(F)(F)F)o2)C2C(=O)CCCC2=N1. The molecule has 1 saturated carbocycles. The predicted molar refractivity (Wildman–Crippen MR) is 136 cm³/mol. The van der Waals surface area contributed by atoms with Gasteiger partial charge in [0.15, 0.2) is 0 Å². The summed E-state index contributed by atoms with van der Waals surface area (Å²) in [5.41, 5.74) is 3.04. The number of furan rings is 1. The molecule has 2 atom stereocenters. The van der Waals surface area contributed by atoms with Gasteiger partial charge in [-0.3, -0.25) is 14.6 Å². The molecule has 1 amide bonds. The Morgan fingerprint density at radius 3 is 2.50 bits per heavy atom. The highest BCUT2D eigenvalue weighted by atomic mass is 19.4. The van der Waals surface area contributed by atoms with E-state index in [0.29, 0.717) is 42.1 Å².